The van der Waals surface area contributed by atoms with E-state index < -0.39 is 0 Å². The fraction of sp³-hybridized carbons (Fsp3) is 0.368. The van der Waals surface area contributed by atoms with Crippen LogP contribution in [0.5, 0.6) is 5.75 Å². The van der Waals surface area contributed by atoms with Crippen molar-refractivity contribution in [1.29, 1.82) is 0 Å². The molecule has 26 heavy (non-hydrogen) atoms. The molecule has 140 valence electrons. The maximum Gasteiger partial charge on any atom is 0.147 e. The van der Waals surface area contributed by atoms with Gasteiger partial charge in [0.15, 0.2) is 0 Å². The van der Waals surface area contributed by atoms with E-state index in [1.54, 1.807) is 0 Å². The second kappa shape index (κ2) is 8.49. The Hall–Kier alpha value is -2.15. The second-order valence-electron chi connectivity index (χ2n) is 6.45. The van der Waals surface area contributed by atoms with Crippen molar-refractivity contribution in [3.63, 3.8) is 0 Å². The molecule has 3 N–H and O–H groups in total. The lowest BCUT2D eigenvalue weighted by Crippen LogP contribution is -2.35. The predicted molar refractivity (Wildman–Crippen MR) is 104 cm³/mol. The molecule has 4 rings (SSSR count). The van der Waals surface area contributed by atoms with Crippen LogP contribution in [0, 0.1) is 13.8 Å². The summed E-state index contributed by atoms with van der Waals surface area (Å²) in [5.74, 6) is 2.35. The van der Waals surface area contributed by atoms with Crippen molar-refractivity contribution in [2.45, 2.75) is 32.6 Å². The number of benzene rings is 1. The Morgan fingerprint density at radius 2 is 1.81 bits per heavy atom. The van der Waals surface area contributed by atoms with E-state index in [1.165, 1.54) is 5.56 Å². The molecule has 0 spiro atoms. The largest absolute Gasteiger partial charge is 0.412 e. The number of halogens is 1. The minimum absolute atomic E-state index is 0. The summed E-state index contributed by atoms with van der Waals surface area (Å²) in [6, 6.07) is 9.99. The monoisotopic (exact) mass is 376 g/mol. The standard InChI is InChI=1S/C19H22N4O.ClH.H2O/c1-13-18(19-17(21-13)12-20-14(2)22-19)15-8-10-23(11-9-15)24-16-6-4-3-5-7-16;;/h3-7,12,15H,8-11H2,1-2H3,(H,20,22);1H;1H2. The molecule has 0 bridgehead atoms. The highest BCUT2D eigenvalue weighted by Crippen LogP contribution is 2.37. The van der Waals surface area contributed by atoms with Crippen LogP contribution in [0.15, 0.2) is 36.5 Å². The molecule has 6 nitrogen and oxygen atoms in total. The molecular weight excluding hydrogens is 352 g/mol. The number of piperidine rings is 1. The van der Waals surface area contributed by atoms with Gasteiger partial charge in [0.05, 0.1) is 11.9 Å². The number of rotatable bonds is 3. The van der Waals surface area contributed by atoms with E-state index in [0.717, 1.165) is 54.6 Å². The van der Waals surface area contributed by atoms with Gasteiger partial charge in [-0.1, -0.05) is 18.2 Å². The van der Waals surface area contributed by atoms with Crippen LogP contribution >= 0.6 is 12.4 Å². The summed E-state index contributed by atoms with van der Waals surface area (Å²) in [6.07, 6.45) is 4.01. The molecule has 0 atom stereocenters. The Morgan fingerprint density at radius 3 is 2.50 bits per heavy atom. The number of hydroxylamine groups is 2. The molecule has 3 aliphatic rings. The molecule has 3 aliphatic heterocycles. The Kier molecular flexibility index (Phi) is 6.58. The number of aryl methyl sites for hydroxylation is 2. The average molecular weight is 377 g/mol. The highest BCUT2D eigenvalue weighted by atomic mass is 35.5. The summed E-state index contributed by atoms with van der Waals surface area (Å²) in [7, 11) is 0. The van der Waals surface area contributed by atoms with Crippen LogP contribution in [0.4, 0.5) is 0 Å². The first-order valence-electron chi connectivity index (χ1n) is 8.50. The second-order valence-corrected chi connectivity index (χ2v) is 6.45. The molecule has 0 unspecified atom stereocenters. The van der Waals surface area contributed by atoms with Crippen LogP contribution in [0.1, 0.15) is 35.8 Å². The van der Waals surface area contributed by atoms with Gasteiger partial charge in [-0.05, 0) is 44.7 Å². The number of hydrogen-bond donors (Lipinski definition) is 1. The molecule has 3 heterocycles. The summed E-state index contributed by atoms with van der Waals surface area (Å²) in [5, 5.41) is 2.07. The van der Waals surface area contributed by atoms with E-state index in [1.807, 2.05) is 43.5 Å². The topological polar surface area (TPSA) is 85.5 Å². The zero-order valence-electron chi connectivity index (χ0n) is 15.0. The number of nitrogens with one attached hydrogen (secondary N) is 1. The van der Waals surface area contributed by atoms with Gasteiger partial charge >= 0.3 is 0 Å². The van der Waals surface area contributed by atoms with Crippen LogP contribution in [-0.4, -0.2) is 38.6 Å². The van der Waals surface area contributed by atoms with Gasteiger partial charge in [0.1, 0.15) is 17.3 Å². The van der Waals surface area contributed by atoms with Crippen LogP contribution < -0.4 is 4.84 Å². The van der Waals surface area contributed by atoms with Gasteiger partial charge in [-0.3, -0.25) is 0 Å². The fourth-order valence-corrected chi connectivity index (χ4v) is 3.58. The molecule has 0 amide bonds. The number of nitrogens with zero attached hydrogens (tertiary/aromatic N) is 3. The molecule has 1 fully saturated rings. The lowest BCUT2D eigenvalue weighted by Gasteiger charge is -2.31. The first-order valence-corrected chi connectivity index (χ1v) is 8.50. The molecule has 1 aromatic rings. The predicted octanol–water partition coefficient (Wildman–Crippen LogP) is 3.30. The summed E-state index contributed by atoms with van der Waals surface area (Å²) in [4.78, 5) is 18.4. The van der Waals surface area contributed by atoms with Crippen molar-refractivity contribution in [3.8, 4) is 17.1 Å². The average Bonchev–Trinajstić information content (AvgIpc) is 2.92. The highest BCUT2D eigenvalue weighted by Gasteiger charge is 2.28. The van der Waals surface area contributed by atoms with E-state index in [0.29, 0.717) is 5.92 Å². The van der Waals surface area contributed by atoms with Crippen molar-refractivity contribution in [1.82, 2.24) is 20.0 Å². The third kappa shape index (κ3) is 3.98. The van der Waals surface area contributed by atoms with Crippen LogP contribution in [-0.2, 0) is 0 Å². The molecular formula is C19H25ClN4O2. The minimum atomic E-state index is 0. The van der Waals surface area contributed by atoms with Gasteiger partial charge in [-0.2, -0.15) is 0 Å². The van der Waals surface area contributed by atoms with Crippen molar-refractivity contribution in [3.05, 3.63) is 53.6 Å². The number of para-hydroxylation sites is 1. The number of hydrogen-bond acceptors (Lipinski definition) is 4. The van der Waals surface area contributed by atoms with Gasteiger partial charge in [-0.25, -0.2) is 9.97 Å². The van der Waals surface area contributed by atoms with Gasteiger partial charge in [0.2, 0.25) is 0 Å². The maximum absolute atomic E-state index is 5.96. The van der Waals surface area contributed by atoms with Gasteiger partial charge in [-0.15, -0.1) is 17.5 Å². The maximum atomic E-state index is 5.96. The van der Waals surface area contributed by atoms with Crippen LogP contribution in [0.25, 0.3) is 11.4 Å². The number of aromatic nitrogens is 3. The number of aromatic amines is 1. The summed E-state index contributed by atoms with van der Waals surface area (Å²) >= 11 is 0. The SMILES string of the molecule is Cc1ncc2nc(C)c(C3CCN(Oc4ccccc4)CC3)c-2[nH]1.Cl.O. The molecule has 0 aromatic heterocycles. The van der Waals surface area contributed by atoms with Crippen LogP contribution in [0.2, 0.25) is 0 Å². The first-order chi connectivity index (χ1) is 11.7. The third-order valence-electron chi connectivity index (χ3n) is 4.73. The fourth-order valence-electron chi connectivity index (χ4n) is 3.58. The van der Waals surface area contributed by atoms with E-state index >= 15 is 0 Å². The van der Waals surface area contributed by atoms with E-state index in [2.05, 4.69) is 26.9 Å². The quantitative estimate of drug-likeness (QED) is 0.759. The lowest BCUT2D eigenvalue weighted by atomic mass is 9.88. The number of fused-ring (bicyclic) bond motifs is 1. The molecule has 0 saturated carbocycles. The van der Waals surface area contributed by atoms with E-state index in [9.17, 15) is 0 Å². The Balaban J connectivity index is 0.00000121. The summed E-state index contributed by atoms with van der Waals surface area (Å²) in [6.45, 7) is 5.94. The zero-order valence-corrected chi connectivity index (χ0v) is 15.8. The highest BCUT2D eigenvalue weighted by molar-refractivity contribution is 5.85. The van der Waals surface area contributed by atoms with E-state index in [-0.39, 0.29) is 17.9 Å². The molecule has 0 radical (unpaired) electrons. The Bertz CT molecular complexity index is 801. The van der Waals surface area contributed by atoms with Crippen molar-refractivity contribution in [2.24, 2.45) is 0 Å². The van der Waals surface area contributed by atoms with Gasteiger partial charge in [0, 0.05) is 24.3 Å². The smallest absolute Gasteiger partial charge is 0.147 e. The third-order valence-corrected chi connectivity index (χ3v) is 4.73. The van der Waals surface area contributed by atoms with Gasteiger partial charge in [0.25, 0.3) is 0 Å². The summed E-state index contributed by atoms with van der Waals surface area (Å²) in [5.41, 5.74) is 4.60. The normalized spacial score (nSPS) is 15.3. The summed E-state index contributed by atoms with van der Waals surface area (Å²) < 4.78 is 0. The first kappa shape index (κ1) is 20.2. The minimum Gasteiger partial charge on any atom is -0.412 e. The lowest BCUT2D eigenvalue weighted by molar-refractivity contribution is -0.0756. The molecule has 1 aromatic carbocycles. The molecule has 7 heteroatoms. The molecule has 1 saturated heterocycles. The number of H-pyrrole nitrogens is 1. The van der Waals surface area contributed by atoms with Gasteiger partial charge < -0.3 is 15.3 Å². The van der Waals surface area contributed by atoms with Crippen molar-refractivity contribution >= 4 is 12.4 Å². The van der Waals surface area contributed by atoms with Crippen LogP contribution in [0.3, 0.4) is 0 Å². The van der Waals surface area contributed by atoms with Crippen molar-refractivity contribution in [2.75, 3.05) is 13.1 Å². The Labute approximate surface area is 159 Å². The van der Waals surface area contributed by atoms with E-state index in [4.69, 9.17) is 4.84 Å². The zero-order chi connectivity index (χ0) is 16.5. The van der Waals surface area contributed by atoms with Crippen molar-refractivity contribution < 1.29 is 10.3 Å². The molecule has 0 aliphatic carbocycles. The Morgan fingerprint density at radius 1 is 1.12 bits per heavy atom.